The zero-order valence-electron chi connectivity index (χ0n) is 8.89. The highest BCUT2D eigenvalue weighted by Gasteiger charge is 2.05. The zero-order valence-corrected chi connectivity index (χ0v) is 9.65. The zero-order chi connectivity index (χ0) is 12.3. The molecule has 0 unspecified atom stereocenters. The van der Waals surface area contributed by atoms with Crippen LogP contribution < -0.4 is 5.11 Å². The molecule has 0 aliphatic heterocycles. The molecule has 4 heteroatoms. The van der Waals surface area contributed by atoms with Crippen LogP contribution in [0.4, 0.5) is 0 Å². The van der Waals surface area contributed by atoms with Crippen molar-refractivity contribution in [2.75, 3.05) is 0 Å². The molecule has 2 rings (SSSR count). The van der Waals surface area contributed by atoms with Gasteiger partial charge in [-0.3, -0.25) is 4.98 Å². The molecule has 2 aromatic rings. The van der Waals surface area contributed by atoms with Gasteiger partial charge in [0.25, 0.3) is 0 Å². The van der Waals surface area contributed by atoms with E-state index in [0.717, 1.165) is 5.56 Å². The van der Waals surface area contributed by atoms with Crippen LogP contribution in [0.2, 0.25) is 5.02 Å². The Labute approximate surface area is 104 Å². The molecule has 0 spiro atoms. The van der Waals surface area contributed by atoms with Gasteiger partial charge in [0.05, 0.1) is 11.7 Å². The van der Waals surface area contributed by atoms with Gasteiger partial charge in [-0.05, 0) is 29.8 Å². The molecule has 0 saturated carbocycles. The Balaban J connectivity index is 2.30. The molecule has 86 valence electrons. The van der Waals surface area contributed by atoms with Crippen molar-refractivity contribution in [1.29, 1.82) is 0 Å². The van der Waals surface area contributed by atoms with E-state index in [4.69, 9.17) is 11.6 Å². The fourth-order valence-corrected chi connectivity index (χ4v) is 1.69. The molecule has 0 radical (unpaired) electrons. The Morgan fingerprint density at radius 2 is 1.94 bits per heavy atom. The lowest BCUT2D eigenvalue weighted by atomic mass is 10.1. The number of hydrogen-bond donors (Lipinski definition) is 0. The number of carbonyl (C=O) groups is 1. The van der Waals surface area contributed by atoms with E-state index < -0.39 is 5.97 Å². The molecule has 0 atom stereocenters. The fraction of sp³-hybridized carbons (Fsp3) is 0.0769. The molecule has 0 saturated heterocycles. The van der Waals surface area contributed by atoms with Crippen molar-refractivity contribution >= 4 is 17.6 Å². The van der Waals surface area contributed by atoms with Gasteiger partial charge in [-0.2, -0.15) is 0 Å². The van der Waals surface area contributed by atoms with Crippen LogP contribution in [0, 0.1) is 0 Å². The van der Waals surface area contributed by atoms with Gasteiger partial charge in [-0.15, -0.1) is 0 Å². The largest absolute Gasteiger partial charge is 0.545 e. The number of aromatic nitrogens is 1. The van der Waals surface area contributed by atoms with Gasteiger partial charge in [0.2, 0.25) is 0 Å². The first-order chi connectivity index (χ1) is 8.16. The number of pyridine rings is 1. The minimum absolute atomic E-state index is 0.127. The number of hydrogen-bond acceptors (Lipinski definition) is 3. The number of nitrogens with zero attached hydrogens (tertiary/aromatic N) is 1. The molecular weight excluding hydrogens is 238 g/mol. The lowest BCUT2D eigenvalue weighted by molar-refractivity contribution is -0.255. The summed E-state index contributed by atoms with van der Waals surface area (Å²) in [6, 6.07) is 10.3. The average Bonchev–Trinajstić information content (AvgIpc) is 2.32. The minimum atomic E-state index is -1.21. The first-order valence-corrected chi connectivity index (χ1v) is 5.44. The summed E-state index contributed by atoms with van der Waals surface area (Å²) in [5, 5.41) is 11.5. The first kappa shape index (κ1) is 11.6. The van der Waals surface area contributed by atoms with E-state index in [2.05, 4.69) is 4.98 Å². The first-order valence-electron chi connectivity index (χ1n) is 5.06. The van der Waals surface area contributed by atoms with Gasteiger partial charge in [0.15, 0.2) is 0 Å². The second kappa shape index (κ2) is 4.97. The topological polar surface area (TPSA) is 53.0 Å². The Kier molecular flexibility index (Phi) is 3.40. The number of benzene rings is 1. The van der Waals surface area contributed by atoms with Crippen molar-refractivity contribution in [3.63, 3.8) is 0 Å². The van der Waals surface area contributed by atoms with E-state index in [1.54, 1.807) is 24.4 Å². The Morgan fingerprint density at radius 1 is 1.24 bits per heavy atom. The Morgan fingerprint density at radius 3 is 2.59 bits per heavy atom. The summed E-state index contributed by atoms with van der Waals surface area (Å²) in [6.45, 7) is 0. The highest BCUT2D eigenvalue weighted by molar-refractivity contribution is 6.30. The summed E-state index contributed by atoms with van der Waals surface area (Å²) in [5.74, 6) is -1.21. The standard InChI is InChI=1S/C13H10ClNO2/c14-10-5-3-9(4-6-10)8-12-11(13(16)17)2-1-7-15-12/h1-7H,8H2,(H,16,17)/p-1. The molecule has 1 aromatic heterocycles. The molecule has 0 aliphatic rings. The monoisotopic (exact) mass is 246 g/mol. The predicted molar refractivity (Wildman–Crippen MR) is 62.8 cm³/mol. The van der Waals surface area contributed by atoms with Crippen molar-refractivity contribution in [1.82, 2.24) is 4.98 Å². The molecule has 0 bridgehead atoms. The van der Waals surface area contributed by atoms with Gasteiger partial charge in [-0.1, -0.05) is 23.7 Å². The number of halogens is 1. The van der Waals surface area contributed by atoms with Gasteiger partial charge in [0, 0.05) is 23.2 Å². The molecule has 3 nitrogen and oxygen atoms in total. The molecule has 17 heavy (non-hydrogen) atoms. The maximum absolute atomic E-state index is 10.9. The number of rotatable bonds is 3. The summed E-state index contributed by atoms with van der Waals surface area (Å²) < 4.78 is 0. The second-order valence-corrected chi connectivity index (χ2v) is 4.02. The second-order valence-electron chi connectivity index (χ2n) is 3.59. The van der Waals surface area contributed by atoms with Gasteiger partial charge in [-0.25, -0.2) is 0 Å². The highest BCUT2D eigenvalue weighted by atomic mass is 35.5. The molecule has 0 amide bonds. The van der Waals surface area contributed by atoms with Gasteiger partial charge >= 0.3 is 0 Å². The summed E-state index contributed by atoms with van der Waals surface area (Å²) in [7, 11) is 0. The van der Waals surface area contributed by atoms with Crippen LogP contribution in [-0.2, 0) is 6.42 Å². The maximum atomic E-state index is 10.9. The highest BCUT2D eigenvalue weighted by Crippen LogP contribution is 2.14. The summed E-state index contributed by atoms with van der Waals surface area (Å²) in [4.78, 5) is 15.0. The molecule has 0 aliphatic carbocycles. The molecule has 1 aromatic carbocycles. The smallest absolute Gasteiger partial charge is 0.0733 e. The molecule has 0 fully saturated rings. The Bertz CT molecular complexity index is 537. The average molecular weight is 247 g/mol. The lowest BCUT2D eigenvalue weighted by Crippen LogP contribution is -2.24. The van der Waals surface area contributed by atoms with E-state index in [-0.39, 0.29) is 5.56 Å². The van der Waals surface area contributed by atoms with Crippen LogP contribution in [-0.4, -0.2) is 11.0 Å². The number of carbonyl (C=O) groups excluding carboxylic acids is 1. The van der Waals surface area contributed by atoms with Crippen LogP contribution in [0.3, 0.4) is 0 Å². The van der Waals surface area contributed by atoms with Crippen molar-refractivity contribution in [3.8, 4) is 0 Å². The van der Waals surface area contributed by atoms with Crippen LogP contribution in [0.15, 0.2) is 42.6 Å². The summed E-state index contributed by atoms with van der Waals surface area (Å²) in [5.41, 5.74) is 1.58. The summed E-state index contributed by atoms with van der Waals surface area (Å²) in [6.07, 6.45) is 2.01. The van der Waals surface area contributed by atoms with Crippen LogP contribution in [0.5, 0.6) is 0 Å². The van der Waals surface area contributed by atoms with E-state index >= 15 is 0 Å². The van der Waals surface area contributed by atoms with E-state index in [1.807, 2.05) is 12.1 Å². The third-order valence-corrected chi connectivity index (χ3v) is 2.65. The van der Waals surface area contributed by atoms with Gasteiger partial charge in [0.1, 0.15) is 0 Å². The summed E-state index contributed by atoms with van der Waals surface area (Å²) >= 11 is 5.78. The van der Waals surface area contributed by atoms with E-state index in [0.29, 0.717) is 17.1 Å². The predicted octanol–water partition coefficient (Wildman–Crippen LogP) is 1.69. The number of aromatic carboxylic acids is 1. The minimum Gasteiger partial charge on any atom is -0.545 e. The van der Waals surface area contributed by atoms with Gasteiger partial charge < -0.3 is 9.90 Å². The van der Waals surface area contributed by atoms with Crippen LogP contribution in [0.1, 0.15) is 21.6 Å². The quantitative estimate of drug-likeness (QED) is 0.828. The SMILES string of the molecule is O=C([O-])c1cccnc1Cc1ccc(Cl)cc1. The molecular formula is C13H9ClNO2-. The fourth-order valence-electron chi connectivity index (χ4n) is 1.56. The Hall–Kier alpha value is -1.87. The maximum Gasteiger partial charge on any atom is 0.0733 e. The normalized spacial score (nSPS) is 10.2. The molecule has 1 heterocycles. The van der Waals surface area contributed by atoms with E-state index in [1.165, 1.54) is 6.07 Å². The van der Waals surface area contributed by atoms with Crippen molar-refractivity contribution < 1.29 is 9.90 Å². The van der Waals surface area contributed by atoms with Crippen molar-refractivity contribution in [2.45, 2.75) is 6.42 Å². The lowest BCUT2D eigenvalue weighted by Gasteiger charge is -2.08. The van der Waals surface area contributed by atoms with Crippen LogP contribution in [0.25, 0.3) is 0 Å². The van der Waals surface area contributed by atoms with Crippen LogP contribution >= 0.6 is 11.6 Å². The van der Waals surface area contributed by atoms with Crippen molar-refractivity contribution in [2.24, 2.45) is 0 Å². The third-order valence-electron chi connectivity index (χ3n) is 2.39. The van der Waals surface area contributed by atoms with Crippen molar-refractivity contribution in [3.05, 3.63) is 64.4 Å². The number of carboxylic acid groups (broad SMARTS) is 1. The number of carboxylic acids is 1. The molecule has 0 N–H and O–H groups in total. The van der Waals surface area contributed by atoms with E-state index in [9.17, 15) is 9.90 Å². The third kappa shape index (κ3) is 2.82.